The molecule has 0 saturated heterocycles. The highest BCUT2D eigenvalue weighted by Crippen LogP contribution is 2.31. The van der Waals surface area contributed by atoms with Gasteiger partial charge in [-0.1, -0.05) is 19.3 Å². The highest BCUT2D eigenvalue weighted by atomic mass is 16.4. The molecule has 2 aliphatic rings. The van der Waals surface area contributed by atoms with Crippen molar-refractivity contribution in [1.29, 1.82) is 0 Å². The first-order chi connectivity index (χ1) is 8.16. The van der Waals surface area contributed by atoms with Gasteiger partial charge in [0.05, 0.1) is 5.92 Å². The van der Waals surface area contributed by atoms with Crippen LogP contribution in [0.3, 0.4) is 0 Å². The Balaban J connectivity index is 1.78. The SMILES string of the molecule is O=C(O)C1CCC(C(=O)NC2CCCCC2)C1. The van der Waals surface area contributed by atoms with Crippen LogP contribution in [0.5, 0.6) is 0 Å². The standard InChI is InChI=1S/C13H21NO3/c15-12(14-11-4-2-1-3-5-11)9-6-7-10(8-9)13(16)17/h9-11H,1-8H2,(H,14,15)(H,16,17). The molecule has 96 valence electrons. The van der Waals surface area contributed by atoms with E-state index in [4.69, 9.17) is 5.11 Å². The van der Waals surface area contributed by atoms with E-state index >= 15 is 0 Å². The summed E-state index contributed by atoms with van der Waals surface area (Å²) in [4.78, 5) is 22.8. The van der Waals surface area contributed by atoms with Gasteiger partial charge in [-0.25, -0.2) is 0 Å². The summed E-state index contributed by atoms with van der Waals surface area (Å²) < 4.78 is 0. The molecule has 0 radical (unpaired) electrons. The summed E-state index contributed by atoms with van der Waals surface area (Å²) in [5, 5.41) is 12.0. The molecule has 2 aliphatic carbocycles. The van der Waals surface area contributed by atoms with Crippen LogP contribution < -0.4 is 5.32 Å². The maximum absolute atomic E-state index is 12.0. The third kappa shape index (κ3) is 3.20. The number of hydrogen-bond donors (Lipinski definition) is 2. The molecule has 1 amide bonds. The molecule has 0 bridgehead atoms. The lowest BCUT2D eigenvalue weighted by Crippen LogP contribution is -2.39. The van der Waals surface area contributed by atoms with E-state index in [1.807, 2.05) is 0 Å². The minimum absolute atomic E-state index is 0.0713. The average molecular weight is 239 g/mol. The maximum Gasteiger partial charge on any atom is 0.306 e. The van der Waals surface area contributed by atoms with Crippen molar-refractivity contribution in [3.05, 3.63) is 0 Å². The fraction of sp³-hybridized carbons (Fsp3) is 0.846. The van der Waals surface area contributed by atoms with Gasteiger partial charge < -0.3 is 10.4 Å². The first-order valence-corrected chi connectivity index (χ1v) is 6.70. The second-order valence-corrected chi connectivity index (χ2v) is 5.39. The van der Waals surface area contributed by atoms with Gasteiger partial charge in [0.2, 0.25) is 5.91 Å². The number of aliphatic carboxylic acids is 1. The summed E-state index contributed by atoms with van der Waals surface area (Å²) in [6.07, 6.45) is 7.75. The predicted octanol–water partition coefficient (Wildman–Crippen LogP) is 1.94. The maximum atomic E-state index is 12.0. The Morgan fingerprint density at radius 1 is 0.941 bits per heavy atom. The van der Waals surface area contributed by atoms with Crippen molar-refractivity contribution in [1.82, 2.24) is 5.32 Å². The molecular weight excluding hydrogens is 218 g/mol. The molecule has 2 rings (SSSR count). The van der Waals surface area contributed by atoms with Crippen molar-refractivity contribution in [2.75, 3.05) is 0 Å². The van der Waals surface area contributed by atoms with Crippen molar-refractivity contribution >= 4 is 11.9 Å². The van der Waals surface area contributed by atoms with Gasteiger partial charge in [-0.15, -0.1) is 0 Å². The number of rotatable bonds is 3. The summed E-state index contributed by atoms with van der Waals surface area (Å²) >= 11 is 0. The third-order valence-electron chi connectivity index (χ3n) is 4.10. The largest absolute Gasteiger partial charge is 0.481 e. The summed E-state index contributed by atoms with van der Waals surface area (Å²) in [6, 6.07) is 0.333. The lowest BCUT2D eigenvalue weighted by atomic mass is 9.94. The fourth-order valence-corrected chi connectivity index (χ4v) is 3.01. The summed E-state index contributed by atoms with van der Waals surface area (Å²) in [6.45, 7) is 0. The van der Waals surface area contributed by atoms with E-state index in [0.29, 0.717) is 18.9 Å². The highest BCUT2D eigenvalue weighted by molar-refractivity contribution is 5.81. The van der Waals surface area contributed by atoms with Crippen LogP contribution in [-0.2, 0) is 9.59 Å². The third-order valence-corrected chi connectivity index (χ3v) is 4.10. The Bertz CT molecular complexity index is 297. The molecule has 2 unspecified atom stereocenters. The Morgan fingerprint density at radius 3 is 2.18 bits per heavy atom. The number of amides is 1. The number of hydrogen-bond acceptors (Lipinski definition) is 2. The van der Waals surface area contributed by atoms with Gasteiger partial charge >= 0.3 is 5.97 Å². The molecule has 0 spiro atoms. The number of carboxylic acid groups (broad SMARTS) is 1. The van der Waals surface area contributed by atoms with Crippen molar-refractivity contribution in [3.63, 3.8) is 0 Å². The number of carboxylic acids is 1. The summed E-state index contributed by atoms with van der Waals surface area (Å²) in [5.74, 6) is -1.05. The highest BCUT2D eigenvalue weighted by Gasteiger charge is 2.34. The van der Waals surface area contributed by atoms with Gasteiger partial charge in [-0.05, 0) is 32.1 Å². The van der Waals surface area contributed by atoms with E-state index in [0.717, 1.165) is 19.3 Å². The quantitative estimate of drug-likeness (QED) is 0.791. The average Bonchev–Trinajstić information content (AvgIpc) is 2.79. The van der Waals surface area contributed by atoms with Crippen LogP contribution in [0.25, 0.3) is 0 Å². The van der Waals surface area contributed by atoms with Gasteiger partial charge in [-0.2, -0.15) is 0 Å². The second-order valence-electron chi connectivity index (χ2n) is 5.39. The van der Waals surface area contributed by atoms with E-state index in [2.05, 4.69) is 5.32 Å². The smallest absolute Gasteiger partial charge is 0.306 e. The Labute approximate surface area is 102 Å². The van der Waals surface area contributed by atoms with Crippen LogP contribution in [0.2, 0.25) is 0 Å². The first kappa shape index (κ1) is 12.4. The van der Waals surface area contributed by atoms with E-state index in [1.54, 1.807) is 0 Å². The molecule has 0 aromatic carbocycles. The van der Waals surface area contributed by atoms with Gasteiger partial charge in [0.25, 0.3) is 0 Å². The van der Waals surface area contributed by atoms with Crippen LogP contribution in [-0.4, -0.2) is 23.0 Å². The molecule has 0 aromatic rings. The van der Waals surface area contributed by atoms with Gasteiger partial charge in [-0.3, -0.25) is 9.59 Å². The zero-order valence-electron chi connectivity index (χ0n) is 10.2. The van der Waals surface area contributed by atoms with Crippen LogP contribution in [0.15, 0.2) is 0 Å². The molecule has 0 heterocycles. The van der Waals surface area contributed by atoms with E-state index < -0.39 is 5.97 Å². The van der Waals surface area contributed by atoms with Gasteiger partial charge in [0, 0.05) is 12.0 Å². The van der Waals surface area contributed by atoms with E-state index in [1.165, 1.54) is 19.3 Å². The molecule has 2 fully saturated rings. The molecule has 0 aromatic heterocycles. The Kier molecular flexibility index (Phi) is 4.02. The normalized spacial score (nSPS) is 30.1. The summed E-state index contributed by atoms with van der Waals surface area (Å²) in [5.41, 5.74) is 0. The Morgan fingerprint density at radius 2 is 1.59 bits per heavy atom. The Hall–Kier alpha value is -1.06. The number of carbonyl (C=O) groups is 2. The number of carbonyl (C=O) groups excluding carboxylic acids is 1. The zero-order chi connectivity index (χ0) is 12.3. The molecule has 2 saturated carbocycles. The topological polar surface area (TPSA) is 66.4 Å². The number of nitrogens with one attached hydrogen (secondary N) is 1. The zero-order valence-corrected chi connectivity index (χ0v) is 10.2. The van der Waals surface area contributed by atoms with Gasteiger partial charge in [0.1, 0.15) is 0 Å². The van der Waals surface area contributed by atoms with Crippen LogP contribution >= 0.6 is 0 Å². The van der Waals surface area contributed by atoms with Crippen LogP contribution in [0.1, 0.15) is 51.4 Å². The van der Waals surface area contributed by atoms with Gasteiger partial charge in [0.15, 0.2) is 0 Å². The van der Waals surface area contributed by atoms with Crippen molar-refractivity contribution in [2.45, 2.75) is 57.4 Å². The van der Waals surface area contributed by atoms with Crippen molar-refractivity contribution in [2.24, 2.45) is 11.8 Å². The molecule has 4 nitrogen and oxygen atoms in total. The van der Waals surface area contributed by atoms with E-state index in [9.17, 15) is 9.59 Å². The van der Waals surface area contributed by atoms with E-state index in [-0.39, 0.29) is 17.7 Å². The lowest BCUT2D eigenvalue weighted by Gasteiger charge is -2.24. The molecule has 2 atom stereocenters. The lowest BCUT2D eigenvalue weighted by molar-refractivity contribution is -0.141. The van der Waals surface area contributed by atoms with Crippen LogP contribution in [0, 0.1) is 11.8 Å². The first-order valence-electron chi connectivity index (χ1n) is 6.70. The predicted molar refractivity (Wildman–Crippen MR) is 63.5 cm³/mol. The summed E-state index contributed by atoms with van der Waals surface area (Å²) in [7, 11) is 0. The second kappa shape index (κ2) is 5.52. The molecule has 0 aliphatic heterocycles. The van der Waals surface area contributed by atoms with Crippen LogP contribution in [0.4, 0.5) is 0 Å². The van der Waals surface area contributed by atoms with Crippen molar-refractivity contribution in [3.8, 4) is 0 Å². The monoisotopic (exact) mass is 239 g/mol. The molecule has 2 N–H and O–H groups in total. The van der Waals surface area contributed by atoms with Crippen molar-refractivity contribution < 1.29 is 14.7 Å². The minimum Gasteiger partial charge on any atom is -0.481 e. The molecule has 4 heteroatoms. The molecule has 17 heavy (non-hydrogen) atoms. The minimum atomic E-state index is -0.752. The fourth-order valence-electron chi connectivity index (χ4n) is 3.01. The molecular formula is C13H21NO3.